The third-order valence-corrected chi connectivity index (χ3v) is 4.84. The lowest BCUT2D eigenvalue weighted by atomic mass is 10.1. The van der Waals surface area contributed by atoms with Gasteiger partial charge in [0.2, 0.25) is 11.9 Å². The van der Waals surface area contributed by atoms with Crippen molar-refractivity contribution in [2.24, 2.45) is 0 Å². The van der Waals surface area contributed by atoms with Gasteiger partial charge in [0.05, 0.1) is 11.8 Å². The summed E-state index contributed by atoms with van der Waals surface area (Å²) in [5.74, 6) is 0.983. The van der Waals surface area contributed by atoms with Gasteiger partial charge in [-0.15, -0.1) is 5.10 Å². The normalized spacial score (nSPS) is 20.1. The van der Waals surface area contributed by atoms with Gasteiger partial charge in [-0.25, -0.2) is 9.67 Å². The summed E-state index contributed by atoms with van der Waals surface area (Å²) >= 11 is 0. The minimum atomic E-state index is -0.345. The molecule has 2 aliphatic heterocycles. The van der Waals surface area contributed by atoms with E-state index in [4.69, 9.17) is 5.73 Å². The van der Waals surface area contributed by atoms with Gasteiger partial charge in [-0.2, -0.15) is 4.98 Å². The minimum Gasteiger partial charge on any atom is -0.391 e. The van der Waals surface area contributed by atoms with Crippen molar-refractivity contribution < 1.29 is 9.90 Å². The molecule has 2 aromatic rings. The number of aliphatic hydroxyl groups excluding tert-OH is 1. The highest BCUT2D eigenvalue weighted by Crippen LogP contribution is 2.28. The molecule has 26 heavy (non-hydrogen) atoms. The van der Waals surface area contributed by atoms with Crippen molar-refractivity contribution in [1.29, 1.82) is 0 Å². The number of hydrogen-bond donors (Lipinski definition) is 2. The van der Waals surface area contributed by atoms with Crippen LogP contribution in [0, 0.1) is 0 Å². The fourth-order valence-electron chi connectivity index (χ4n) is 3.53. The SMILES string of the molecule is Nc1nc2c(c(N3CCC(O)C3)n1)CCN(C(=O)Cn1cnnn1)CC2. The van der Waals surface area contributed by atoms with E-state index in [2.05, 4.69) is 30.4 Å². The number of anilines is 2. The summed E-state index contributed by atoms with van der Waals surface area (Å²) in [6.45, 7) is 2.54. The predicted octanol–water partition coefficient (Wildman–Crippen LogP) is -1.76. The van der Waals surface area contributed by atoms with Crippen molar-refractivity contribution in [2.75, 3.05) is 36.8 Å². The monoisotopic (exact) mass is 359 g/mol. The highest BCUT2D eigenvalue weighted by atomic mass is 16.3. The van der Waals surface area contributed by atoms with Crippen molar-refractivity contribution in [1.82, 2.24) is 35.1 Å². The predicted molar refractivity (Wildman–Crippen MR) is 91.1 cm³/mol. The van der Waals surface area contributed by atoms with Crippen molar-refractivity contribution in [3.63, 3.8) is 0 Å². The number of aliphatic hydroxyl groups is 1. The molecule has 1 saturated heterocycles. The Morgan fingerprint density at radius 2 is 2.12 bits per heavy atom. The Morgan fingerprint density at radius 1 is 1.27 bits per heavy atom. The Kier molecular flexibility index (Phi) is 4.37. The first-order valence-electron chi connectivity index (χ1n) is 8.67. The Labute approximate surface area is 149 Å². The Morgan fingerprint density at radius 3 is 2.85 bits per heavy atom. The molecule has 11 heteroatoms. The van der Waals surface area contributed by atoms with Crippen molar-refractivity contribution in [3.8, 4) is 0 Å². The number of carbonyl (C=O) groups excluding carboxylic acids is 1. The van der Waals surface area contributed by atoms with Crippen LogP contribution < -0.4 is 10.6 Å². The van der Waals surface area contributed by atoms with Gasteiger partial charge in [0.25, 0.3) is 0 Å². The Bertz CT molecular complexity index is 795. The summed E-state index contributed by atoms with van der Waals surface area (Å²) in [4.78, 5) is 25.2. The van der Waals surface area contributed by atoms with E-state index < -0.39 is 0 Å². The number of hydrogen-bond acceptors (Lipinski definition) is 9. The van der Waals surface area contributed by atoms with Crippen molar-refractivity contribution >= 4 is 17.7 Å². The van der Waals surface area contributed by atoms with E-state index in [-0.39, 0.29) is 24.5 Å². The minimum absolute atomic E-state index is 0.0378. The number of tetrazole rings is 1. The number of rotatable bonds is 3. The summed E-state index contributed by atoms with van der Waals surface area (Å²) in [5, 5.41) is 20.7. The maximum atomic E-state index is 12.5. The van der Waals surface area contributed by atoms with Crippen LogP contribution in [0.25, 0.3) is 0 Å². The molecule has 11 nitrogen and oxygen atoms in total. The van der Waals surface area contributed by atoms with Gasteiger partial charge in [0, 0.05) is 38.2 Å². The zero-order chi connectivity index (χ0) is 18.1. The topological polar surface area (TPSA) is 139 Å². The first-order valence-corrected chi connectivity index (χ1v) is 8.67. The van der Waals surface area contributed by atoms with Crippen LogP contribution >= 0.6 is 0 Å². The van der Waals surface area contributed by atoms with E-state index in [1.54, 1.807) is 4.90 Å². The molecule has 0 aromatic carbocycles. The maximum Gasteiger partial charge on any atom is 0.244 e. The van der Waals surface area contributed by atoms with E-state index >= 15 is 0 Å². The quantitative estimate of drug-likeness (QED) is 0.652. The molecular weight excluding hydrogens is 338 g/mol. The number of carbonyl (C=O) groups is 1. The molecule has 1 fully saturated rings. The van der Waals surface area contributed by atoms with E-state index in [1.807, 2.05) is 0 Å². The molecule has 3 N–H and O–H groups in total. The molecular formula is C15H21N9O2. The van der Waals surface area contributed by atoms with Crippen LogP contribution in [0.2, 0.25) is 0 Å². The third kappa shape index (κ3) is 3.29. The zero-order valence-corrected chi connectivity index (χ0v) is 14.3. The van der Waals surface area contributed by atoms with E-state index in [0.29, 0.717) is 32.5 Å². The highest BCUT2D eigenvalue weighted by molar-refractivity contribution is 5.76. The Balaban J connectivity index is 1.53. The molecule has 4 heterocycles. The fourth-order valence-corrected chi connectivity index (χ4v) is 3.53. The average Bonchev–Trinajstić information content (AvgIpc) is 3.22. The number of aromatic nitrogens is 6. The lowest BCUT2D eigenvalue weighted by molar-refractivity contribution is -0.132. The van der Waals surface area contributed by atoms with Crippen LogP contribution in [0.4, 0.5) is 11.8 Å². The van der Waals surface area contributed by atoms with Crippen molar-refractivity contribution in [2.45, 2.75) is 31.9 Å². The molecule has 0 aliphatic carbocycles. The van der Waals surface area contributed by atoms with Crippen molar-refractivity contribution in [3.05, 3.63) is 17.6 Å². The molecule has 0 saturated carbocycles. The summed E-state index contributed by atoms with van der Waals surface area (Å²) in [5.41, 5.74) is 7.80. The van der Waals surface area contributed by atoms with E-state index in [1.165, 1.54) is 11.0 Å². The summed E-state index contributed by atoms with van der Waals surface area (Å²) in [7, 11) is 0. The van der Waals surface area contributed by atoms with Crippen LogP contribution in [0.5, 0.6) is 0 Å². The molecule has 1 atom stereocenters. The number of nitrogen functional groups attached to an aromatic ring is 1. The lowest BCUT2D eigenvalue weighted by Crippen LogP contribution is -2.36. The number of nitrogens with two attached hydrogens (primary N) is 1. The molecule has 138 valence electrons. The largest absolute Gasteiger partial charge is 0.391 e. The average molecular weight is 359 g/mol. The second-order valence-electron chi connectivity index (χ2n) is 6.61. The first-order chi connectivity index (χ1) is 12.6. The second-order valence-corrected chi connectivity index (χ2v) is 6.61. The summed E-state index contributed by atoms with van der Waals surface area (Å²) < 4.78 is 1.41. The number of β-amino-alcohol motifs (C(OH)–C–C–N with tert-alkyl or cyclic N) is 1. The van der Waals surface area contributed by atoms with E-state index in [9.17, 15) is 9.90 Å². The standard InChI is InChI=1S/C15H21N9O2/c16-15-18-12-3-6-22(13(26)8-24-9-17-20-21-24)5-2-11(12)14(19-15)23-4-1-10(25)7-23/h9-10,25H,1-8H2,(H2,16,18,19). The van der Waals surface area contributed by atoms with Gasteiger partial charge >= 0.3 is 0 Å². The molecule has 1 unspecified atom stereocenters. The highest BCUT2D eigenvalue weighted by Gasteiger charge is 2.28. The number of amides is 1. The van der Waals surface area contributed by atoms with Gasteiger partial charge in [-0.05, 0) is 23.3 Å². The number of nitrogens with zero attached hydrogens (tertiary/aromatic N) is 8. The van der Waals surface area contributed by atoms with E-state index in [0.717, 1.165) is 30.0 Å². The third-order valence-electron chi connectivity index (χ3n) is 4.84. The summed E-state index contributed by atoms with van der Waals surface area (Å²) in [6, 6.07) is 0. The van der Waals surface area contributed by atoms with Gasteiger partial charge in [-0.3, -0.25) is 4.79 Å². The van der Waals surface area contributed by atoms with Crippen LogP contribution in [-0.4, -0.2) is 78.4 Å². The maximum absolute atomic E-state index is 12.5. The molecule has 0 bridgehead atoms. The number of fused-ring (bicyclic) bond motifs is 1. The van der Waals surface area contributed by atoms with Gasteiger partial charge < -0.3 is 20.6 Å². The second kappa shape index (κ2) is 6.83. The molecule has 0 radical (unpaired) electrons. The zero-order valence-electron chi connectivity index (χ0n) is 14.3. The molecule has 1 amide bonds. The van der Waals surface area contributed by atoms with Gasteiger partial charge in [-0.1, -0.05) is 0 Å². The first kappa shape index (κ1) is 16.6. The van der Waals surface area contributed by atoms with Crippen LogP contribution in [0.3, 0.4) is 0 Å². The van der Waals surface area contributed by atoms with Gasteiger partial charge in [0.1, 0.15) is 18.7 Å². The lowest BCUT2D eigenvalue weighted by Gasteiger charge is -2.22. The van der Waals surface area contributed by atoms with Gasteiger partial charge in [0.15, 0.2) is 0 Å². The summed E-state index contributed by atoms with van der Waals surface area (Å²) in [6.07, 6.45) is 3.07. The fraction of sp³-hybridized carbons (Fsp3) is 0.600. The smallest absolute Gasteiger partial charge is 0.244 e. The Hall–Kier alpha value is -2.82. The molecule has 2 aromatic heterocycles. The van der Waals surface area contributed by atoms with Crippen LogP contribution in [-0.2, 0) is 24.2 Å². The van der Waals surface area contributed by atoms with Crippen LogP contribution in [0.15, 0.2) is 6.33 Å². The molecule has 2 aliphatic rings. The molecule has 4 rings (SSSR count). The molecule has 0 spiro atoms. The van der Waals surface area contributed by atoms with Crippen LogP contribution in [0.1, 0.15) is 17.7 Å².